The maximum atomic E-state index is 12.3. The van der Waals surface area contributed by atoms with E-state index in [-0.39, 0.29) is 18.1 Å². The average molecular weight is 439 g/mol. The molecule has 0 bridgehead atoms. The first-order valence-electron chi connectivity index (χ1n) is 9.83. The Morgan fingerprint density at radius 2 is 1.90 bits per heavy atom. The molecule has 8 nitrogen and oxygen atoms in total. The van der Waals surface area contributed by atoms with Gasteiger partial charge in [0.1, 0.15) is 11.5 Å². The van der Waals surface area contributed by atoms with Crippen molar-refractivity contribution in [3.8, 4) is 11.1 Å². The molecule has 3 aromatic heterocycles. The molecule has 0 aliphatic rings. The van der Waals surface area contributed by atoms with E-state index in [1.165, 1.54) is 11.1 Å². The Morgan fingerprint density at radius 1 is 1.13 bits per heavy atom. The van der Waals surface area contributed by atoms with Crippen molar-refractivity contribution in [2.24, 2.45) is 5.73 Å². The summed E-state index contributed by atoms with van der Waals surface area (Å²) in [7, 11) is 0. The van der Waals surface area contributed by atoms with Crippen LogP contribution in [0.25, 0.3) is 11.1 Å². The van der Waals surface area contributed by atoms with E-state index in [4.69, 9.17) is 17.3 Å². The lowest BCUT2D eigenvalue weighted by molar-refractivity contribution is 0.0946. The molecule has 31 heavy (non-hydrogen) atoms. The molecule has 0 spiro atoms. The van der Waals surface area contributed by atoms with Gasteiger partial charge in [0, 0.05) is 49.0 Å². The van der Waals surface area contributed by atoms with Crippen LogP contribution in [0.1, 0.15) is 35.5 Å². The van der Waals surface area contributed by atoms with Crippen LogP contribution in [-0.4, -0.2) is 33.4 Å². The number of nitrogens with two attached hydrogens (primary N) is 1. The Balaban J connectivity index is 1.80. The maximum absolute atomic E-state index is 12.3. The first kappa shape index (κ1) is 22.2. The van der Waals surface area contributed by atoms with E-state index < -0.39 is 6.03 Å². The van der Waals surface area contributed by atoms with Crippen LogP contribution in [0.15, 0.2) is 49.1 Å². The number of nitrogens with zero attached hydrogens (tertiary/aromatic N) is 4. The van der Waals surface area contributed by atoms with Gasteiger partial charge in [0.2, 0.25) is 0 Å². The van der Waals surface area contributed by atoms with Gasteiger partial charge in [-0.1, -0.05) is 18.5 Å². The Morgan fingerprint density at radius 3 is 2.58 bits per heavy atom. The zero-order chi connectivity index (χ0) is 22.4. The highest BCUT2D eigenvalue weighted by molar-refractivity contribution is 6.33. The summed E-state index contributed by atoms with van der Waals surface area (Å²) < 4.78 is 0. The molecule has 0 atom stereocenters. The first-order chi connectivity index (χ1) is 14.9. The molecule has 0 saturated heterocycles. The van der Waals surface area contributed by atoms with E-state index in [1.807, 2.05) is 26.0 Å². The summed E-state index contributed by atoms with van der Waals surface area (Å²) in [5.41, 5.74) is 9.07. The summed E-state index contributed by atoms with van der Waals surface area (Å²) in [5.74, 6) is 0.200. The van der Waals surface area contributed by atoms with Crippen LogP contribution in [0.4, 0.5) is 10.6 Å². The minimum atomic E-state index is -0.537. The fourth-order valence-corrected chi connectivity index (χ4v) is 3.34. The van der Waals surface area contributed by atoms with Crippen molar-refractivity contribution in [1.82, 2.24) is 20.3 Å². The number of hydrogen-bond acceptors (Lipinski definition) is 5. The van der Waals surface area contributed by atoms with Gasteiger partial charge < -0.3 is 11.1 Å². The summed E-state index contributed by atoms with van der Waals surface area (Å²) in [6.45, 7) is 4.54. The van der Waals surface area contributed by atoms with Crippen LogP contribution in [-0.2, 0) is 13.0 Å². The van der Waals surface area contributed by atoms with Gasteiger partial charge in [-0.15, -0.1) is 0 Å². The van der Waals surface area contributed by atoms with Gasteiger partial charge in [-0.25, -0.2) is 14.8 Å². The number of carbonyl (C=O) groups excluding carboxylic acids is 2. The number of urea groups is 1. The SMILES string of the molecule is CCc1cc(-c2cncc(CNC(=O)c3ncccc3Cl)c2)cnc1N(CC)C(N)=O. The molecule has 3 N–H and O–H groups in total. The quantitative estimate of drug-likeness (QED) is 0.585. The van der Waals surface area contributed by atoms with Gasteiger partial charge >= 0.3 is 6.03 Å². The second kappa shape index (κ2) is 9.99. The van der Waals surface area contributed by atoms with Gasteiger partial charge in [-0.2, -0.15) is 0 Å². The number of pyridine rings is 3. The number of rotatable bonds is 7. The summed E-state index contributed by atoms with van der Waals surface area (Å²) in [4.78, 5) is 38.2. The van der Waals surface area contributed by atoms with Crippen LogP contribution in [0.3, 0.4) is 0 Å². The molecule has 3 rings (SSSR count). The summed E-state index contributed by atoms with van der Waals surface area (Å²) in [6, 6.07) is 6.64. The molecular formula is C22H23ClN6O2. The minimum absolute atomic E-state index is 0.176. The van der Waals surface area contributed by atoms with Crippen LogP contribution in [0.5, 0.6) is 0 Å². The highest BCUT2D eigenvalue weighted by Crippen LogP contribution is 2.26. The van der Waals surface area contributed by atoms with E-state index in [0.29, 0.717) is 23.8 Å². The lowest BCUT2D eigenvalue weighted by Crippen LogP contribution is -2.36. The van der Waals surface area contributed by atoms with Crippen LogP contribution in [0.2, 0.25) is 5.02 Å². The molecule has 0 radical (unpaired) electrons. The largest absolute Gasteiger partial charge is 0.351 e. The number of halogens is 1. The molecular weight excluding hydrogens is 416 g/mol. The van der Waals surface area contributed by atoms with Crippen molar-refractivity contribution in [1.29, 1.82) is 0 Å². The first-order valence-corrected chi connectivity index (χ1v) is 10.2. The van der Waals surface area contributed by atoms with Gasteiger partial charge in [0.25, 0.3) is 5.91 Å². The lowest BCUT2D eigenvalue weighted by atomic mass is 10.0. The highest BCUT2D eigenvalue weighted by Gasteiger charge is 2.16. The van der Waals surface area contributed by atoms with Gasteiger partial charge in [0.05, 0.1) is 5.02 Å². The Kier molecular flexibility index (Phi) is 7.15. The number of hydrogen-bond donors (Lipinski definition) is 2. The maximum Gasteiger partial charge on any atom is 0.320 e. The molecule has 160 valence electrons. The Labute approximate surface area is 185 Å². The number of anilines is 1. The van der Waals surface area contributed by atoms with E-state index in [1.54, 1.807) is 30.7 Å². The predicted octanol–water partition coefficient (Wildman–Crippen LogP) is 3.59. The van der Waals surface area contributed by atoms with Crippen molar-refractivity contribution < 1.29 is 9.59 Å². The van der Waals surface area contributed by atoms with E-state index >= 15 is 0 Å². The summed E-state index contributed by atoms with van der Waals surface area (Å²) in [6.07, 6.45) is 7.30. The molecule has 3 amide bonds. The van der Waals surface area contributed by atoms with Crippen molar-refractivity contribution >= 4 is 29.4 Å². The number of aryl methyl sites for hydroxylation is 1. The second-order valence-corrected chi connectivity index (χ2v) is 7.15. The van der Waals surface area contributed by atoms with E-state index in [0.717, 1.165) is 22.3 Å². The van der Waals surface area contributed by atoms with Gasteiger partial charge in [-0.3, -0.25) is 14.7 Å². The average Bonchev–Trinajstić information content (AvgIpc) is 2.78. The fourth-order valence-electron chi connectivity index (χ4n) is 3.14. The fraction of sp³-hybridized carbons (Fsp3) is 0.227. The molecule has 3 heterocycles. The number of amides is 3. The highest BCUT2D eigenvalue weighted by atomic mass is 35.5. The summed E-state index contributed by atoms with van der Waals surface area (Å²) >= 11 is 6.02. The standard InChI is InChI=1S/C22H23ClN6O2/c1-3-15-9-17(13-27-20(15)29(4-2)22(24)31)16-8-14(10-25-12-16)11-28-21(30)19-18(23)6-5-7-26-19/h5-10,12-13H,3-4,11H2,1-2H3,(H2,24,31)(H,28,30). The van der Waals surface area contributed by atoms with Crippen molar-refractivity contribution in [2.45, 2.75) is 26.8 Å². The zero-order valence-electron chi connectivity index (χ0n) is 17.3. The number of carbonyl (C=O) groups is 2. The molecule has 9 heteroatoms. The third-order valence-corrected chi connectivity index (χ3v) is 5.02. The monoisotopic (exact) mass is 438 g/mol. The normalized spacial score (nSPS) is 10.5. The summed E-state index contributed by atoms with van der Waals surface area (Å²) in [5, 5.41) is 3.10. The molecule has 0 unspecified atom stereocenters. The molecule has 0 aromatic carbocycles. The molecule has 3 aromatic rings. The van der Waals surface area contributed by atoms with Crippen LogP contribution < -0.4 is 16.0 Å². The smallest absolute Gasteiger partial charge is 0.320 e. The number of nitrogens with one attached hydrogen (secondary N) is 1. The minimum Gasteiger partial charge on any atom is -0.351 e. The zero-order valence-corrected chi connectivity index (χ0v) is 18.1. The van der Waals surface area contributed by atoms with Crippen molar-refractivity contribution in [3.63, 3.8) is 0 Å². The van der Waals surface area contributed by atoms with E-state index in [2.05, 4.69) is 20.3 Å². The number of aromatic nitrogens is 3. The second-order valence-electron chi connectivity index (χ2n) is 6.74. The van der Waals surface area contributed by atoms with Gasteiger partial charge in [-0.05, 0) is 48.7 Å². The van der Waals surface area contributed by atoms with Gasteiger partial charge in [0.15, 0.2) is 0 Å². The third-order valence-electron chi connectivity index (χ3n) is 4.72. The predicted molar refractivity (Wildman–Crippen MR) is 120 cm³/mol. The topological polar surface area (TPSA) is 114 Å². The van der Waals surface area contributed by atoms with E-state index in [9.17, 15) is 9.59 Å². The van der Waals surface area contributed by atoms with Crippen LogP contribution >= 0.6 is 11.6 Å². The number of primary amides is 1. The lowest BCUT2D eigenvalue weighted by Gasteiger charge is -2.20. The molecule has 0 aliphatic heterocycles. The van der Waals surface area contributed by atoms with Crippen LogP contribution in [0, 0.1) is 0 Å². The molecule has 0 saturated carbocycles. The third kappa shape index (κ3) is 5.16. The molecule has 0 fully saturated rings. The Bertz CT molecular complexity index is 1100. The Hall–Kier alpha value is -3.52. The molecule has 0 aliphatic carbocycles. The van der Waals surface area contributed by atoms with Crippen molar-refractivity contribution in [2.75, 3.05) is 11.4 Å². The van der Waals surface area contributed by atoms with Crippen molar-refractivity contribution in [3.05, 3.63) is 70.9 Å².